The lowest BCUT2D eigenvalue weighted by Crippen LogP contribution is -2.43. The van der Waals surface area contributed by atoms with Gasteiger partial charge in [-0.1, -0.05) is 6.92 Å². The van der Waals surface area contributed by atoms with E-state index in [0.717, 1.165) is 44.6 Å². The quantitative estimate of drug-likeness (QED) is 0.790. The summed E-state index contributed by atoms with van der Waals surface area (Å²) in [6.07, 6.45) is 7.42. The molecule has 3 heteroatoms. The van der Waals surface area contributed by atoms with Crippen molar-refractivity contribution >= 4 is 0 Å². The van der Waals surface area contributed by atoms with Crippen molar-refractivity contribution in [3.05, 3.63) is 0 Å². The monoisotopic (exact) mass is 240 g/mol. The first-order valence-corrected chi connectivity index (χ1v) is 7.28. The SMILES string of the molecule is C[C@@H]1CCCN(CCC2(O)CCC(N)CC2)C1. The van der Waals surface area contributed by atoms with Crippen LogP contribution in [0, 0.1) is 5.92 Å². The van der Waals surface area contributed by atoms with Crippen LogP contribution >= 0.6 is 0 Å². The van der Waals surface area contributed by atoms with Gasteiger partial charge in [-0.2, -0.15) is 0 Å². The number of piperidine rings is 1. The molecule has 3 N–H and O–H groups in total. The zero-order valence-corrected chi connectivity index (χ0v) is 11.2. The van der Waals surface area contributed by atoms with E-state index in [2.05, 4.69) is 11.8 Å². The lowest BCUT2D eigenvalue weighted by atomic mass is 9.80. The number of nitrogens with two attached hydrogens (primary N) is 1. The molecular weight excluding hydrogens is 212 g/mol. The van der Waals surface area contributed by atoms with Crippen LogP contribution in [0.1, 0.15) is 51.9 Å². The summed E-state index contributed by atoms with van der Waals surface area (Å²) in [4.78, 5) is 2.53. The van der Waals surface area contributed by atoms with Crippen LogP contribution < -0.4 is 5.73 Å². The molecule has 1 aliphatic heterocycles. The topological polar surface area (TPSA) is 49.5 Å². The normalized spacial score (nSPS) is 40.4. The number of hydrogen-bond acceptors (Lipinski definition) is 3. The highest BCUT2D eigenvalue weighted by atomic mass is 16.3. The van der Waals surface area contributed by atoms with Crippen LogP contribution in [0.3, 0.4) is 0 Å². The van der Waals surface area contributed by atoms with Gasteiger partial charge in [0.15, 0.2) is 0 Å². The Morgan fingerprint density at radius 3 is 2.65 bits per heavy atom. The molecule has 100 valence electrons. The van der Waals surface area contributed by atoms with E-state index in [1.165, 1.54) is 25.9 Å². The minimum absolute atomic E-state index is 0.324. The van der Waals surface area contributed by atoms with E-state index in [4.69, 9.17) is 5.73 Å². The van der Waals surface area contributed by atoms with Gasteiger partial charge in [-0.25, -0.2) is 0 Å². The minimum atomic E-state index is -0.420. The van der Waals surface area contributed by atoms with Crippen molar-refractivity contribution in [1.82, 2.24) is 4.90 Å². The smallest absolute Gasteiger partial charge is 0.0661 e. The second-order valence-electron chi connectivity index (χ2n) is 6.36. The fraction of sp³-hybridized carbons (Fsp3) is 1.00. The highest BCUT2D eigenvalue weighted by molar-refractivity contribution is 4.88. The summed E-state index contributed by atoms with van der Waals surface area (Å²) < 4.78 is 0. The number of aliphatic hydroxyl groups is 1. The molecule has 1 saturated heterocycles. The van der Waals surface area contributed by atoms with Crippen molar-refractivity contribution in [2.75, 3.05) is 19.6 Å². The van der Waals surface area contributed by atoms with Crippen LogP contribution in [0.15, 0.2) is 0 Å². The highest BCUT2D eigenvalue weighted by Gasteiger charge is 2.32. The Morgan fingerprint density at radius 2 is 2.00 bits per heavy atom. The van der Waals surface area contributed by atoms with E-state index in [9.17, 15) is 5.11 Å². The van der Waals surface area contributed by atoms with E-state index in [0.29, 0.717) is 6.04 Å². The molecule has 0 spiro atoms. The second kappa shape index (κ2) is 5.68. The van der Waals surface area contributed by atoms with E-state index < -0.39 is 5.60 Å². The van der Waals surface area contributed by atoms with E-state index in [-0.39, 0.29) is 0 Å². The van der Waals surface area contributed by atoms with Crippen LogP contribution in [-0.2, 0) is 0 Å². The van der Waals surface area contributed by atoms with Gasteiger partial charge in [0, 0.05) is 19.1 Å². The molecule has 0 aromatic carbocycles. The molecule has 2 aliphatic rings. The van der Waals surface area contributed by atoms with Gasteiger partial charge in [-0.15, -0.1) is 0 Å². The highest BCUT2D eigenvalue weighted by Crippen LogP contribution is 2.31. The molecular formula is C14H28N2O. The zero-order chi connectivity index (χ0) is 12.3. The maximum atomic E-state index is 10.5. The molecule has 1 atom stereocenters. The molecule has 3 nitrogen and oxygen atoms in total. The lowest BCUT2D eigenvalue weighted by Gasteiger charge is -2.38. The third kappa shape index (κ3) is 3.94. The molecule has 0 aromatic rings. The first-order chi connectivity index (χ1) is 8.07. The zero-order valence-electron chi connectivity index (χ0n) is 11.2. The lowest BCUT2D eigenvalue weighted by molar-refractivity contribution is -0.0177. The Hall–Kier alpha value is -0.120. The Morgan fingerprint density at radius 1 is 1.29 bits per heavy atom. The maximum absolute atomic E-state index is 10.5. The summed E-state index contributed by atoms with van der Waals surface area (Å²) in [6, 6.07) is 0.324. The van der Waals surface area contributed by atoms with E-state index in [1.54, 1.807) is 0 Å². The van der Waals surface area contributed by atoms with Gasteiger partial charge in [0.2, 0.25) is 0 Å². The summed E-state index contributed by atoms with van der Waals surface area (Å²) in [6.45, 7) is 5.84. The van der Waals surface area contributed by atoms with Gasteiger partial charge in [0.25, 0.3) is 0 Å². The van der Waals surface area contributed by atoms with Crippen LogP contribution in [0.4, 0.5) is 0 Å². The molecule has 0 radical (unpaired) electrons. The first kappa shape index (κ1) is 13.3. The Balaban J connectivity index is 1.73. The fourth-order valence-corrected chi connectivity index (χ4v) is 3.28. The summed E-state index contributed by atoms with van der Waals surface area (Å²) in [5.41, 5.74) is 5.47. The predicted molar refractivity (Wildman–Crippen MR) is 70.8 cm³/mol. The molecule has 17 heavy (non-hydrogen) atoms. The fourth-order valence-electron chi connectivity index (χ4n) is 3.28. The van der Waals surface area contributed by atoms with Gasteiger partial charge in [0.05, 0.1) is 5.60 Å². The average Bonchev–Trinajstić information content (AvgIpc) is 2.31. The van der Waals surface area contributed by atoms with Gasteiger partial charge >= 0.3 is 0 Å². The molecule has 1 saturated carbocycles. The molecule has 2 rings (SSSR count). The molecule has 1 aliphatic carbocycles. The summed E-state index contributed by atoms with van der Waals surface area (Å²) >= 11 is 0. The third-order valence-corrected chi connectivity index (χ3v) is 4.60. The van der Waals surface area contributed by atoms with Gasteiger partial charge < -0.3 is 15.7 Å². The average molecular weight is 240 g/mol. The molecule has 0 amide bonds. The molecule has 2 fully saturated rings. The molecule has 1 heterocycles. The number of nitrogens with zero attached hydrogens (tertiary/aromatic N) is 1. The Kier molecular flexibility index (Phi) is 4.45. The number of rotatable bonds is 3. The van der Waals surface area contributed by atoms with Crippen molar-refractivity contribution in [2.24, 2.45) is 11.7 Å². The largest absolute Gasteiger partial charge is 0.390 e. The summed E-state index contributed by atoms with van der Waals surface area (Å²) in [7, 11) is 0. The predicted octanol–water partition coefficient (Wildman–Crippen LogP) is 1.74. The van der Waals surface area contributed by atoms with Crippen molar-refractivity contribution in [1.29, 1.82) is 0 Å². The molecule has 0 bridgehead atoms. The van der Waals surface area contributed by atoms with Crippen LogP contribution in [0.2, 0.25) is 0 Å². The molecule has 0 unspecified atom stereocenters. The van der Waals surface area contributed by atoms with Crippen molar-refractivity contribution in [3.63, 3.8) is 0 Å². The van der Waals surface area contributed by atoms with Crippen LogP contribution in [0.5, 0.6) is 0 Å². The van der Waals surface area contributed by atoms with E-state index in [1.807, 2.05) is 0 Å². The summed E-state index contributed by atoms with van der Waals surface area (Å²) in [5.74, 6) is 0.832. The Bertz CT molecular complexity index is 236. The Labute approximate surface area is 105 Å². The number of hydrogen-bond donors (Lipinski definition) is 2. The van der Waals surface area contributed by atoms with Gasteiger partial charge in [0.1, 0.15) is 0 Å². The number of likely N-dealkylation sites (tertiary alicyclic amines) is 1. The van der Waals surface area contributed by atoms with Gasteiger partial charge in [-0.3, -0.25) is 0 Å². The second-order valence-corrected chi connectivity index (χ2v) is 6.36. The summed E-state index contributed by atoms with van der Waals surface area (Å²) in [5, 5.41) is 10.5. The van der Waals surface area contributed by atoms with E-state index >= 15 is 0 Å². The van der Waals surface area contributed by atoms with Crippen LogP contribution in [0.25, 0.3) is 0 Å². The van der Waals surface area contributed by atoms with Crippen molar-refractivity contribution in [3.8, 4) is 0 Å². The third-order valence-electron chi connectivity index (χ3n) is 4.60. The van der Waals surface area contributed by atoms with Crippen molar-refractivity contribution in [2.45, 2.75) is 63.5 Å². The van der Waals surface area contributed by atoms with Crippen molar-refractivity contribution < 1.29 is 5.11 Å². The van der Waals surface area contributed by atoms with Crippen LogP contribution in [-0.4, -0.2) is 41.3 Å². The minimum Gasteiger partial charge on any atom is -0.390 e. The molecule has 0 aromatic heterocycles. The standard InChI is InChI=1S/C14H28N2O/c1-12-3-2-9-16(11-12)10-8-14(17)6-4-13(15)5-7-14/h12-13,17H,2-11,15H2,1H3/t12-,13?,14?/m1/s1. The first-order valence-electron chi connectivity index (χ1n) is 7.28. The maximum Gasteiger partial charge on any atom is 0.0661 e. The van der Waals surface area contributed by atoms with Gasteiger partial charge in [-0.05, 0) is 57.4 Å².